The Morgan fingerprint density at radius 3 is 2.38 bits per heavy atom. The van der Waals surface area contributed by atoms with E-state index in [2.05, 4.69) is 36.0 Å². The van der Waals surface area contributed by atoms with Crippen LogP contribution in [0.3, 0.4) is 0 Å². The molecule has 1 fully saturated rings. The zero-order chi connectivity index (χ0) is 26.9. The third-order valence-electron chi connectivity index (χ3n) is 6.86. The lowest BCUT2D eigenvalue weighted by Gasteiger charge is -2.24. The lowest BCUT2D eigenvalue weighted by atomic mass is 10.00. The molecule has 4 rings (SSSR count). The van der Waals surface area contributed by atoms with Crippen molar-refractivity contribution in [3.63, 3.8) is 0 Å². The maximum atomic E-state index is 13.0. The molecule has 9 heteroatoms. The van der Waals surface area contributed by atoms with Crippen molar-refractivity contribution in [1.82, 2.24) is 20.3 Å². The van der Waals surface area contributed by atoms with Gasteiger partial charge in [-0.15, -0.1) is 0 Å². The molecule has 1 aliphatic heterocycles. The molecule has 0 unspecified atom stereocenters. The van der Waals surface area contributed by atoms with Gasteiger partial charge in [0.05, 0.1) is 12.0 Å². The number of rotatable bonds is 5. The van der Waals surface area contributed by atoms with Crippen molar-refractivity contribution in [2.45, 2.75) is 45.8 Å². The number of hydrogen-bond donors (Lipinski definition) is 3. The predicted molar refractivity (Wildman–Crippen MR) is 139 cm³/mol. The van der Waals surface area contributed by atoms with Gasteiger partial charge in [-0.1, -0.05) is 30.3 Å². The zero-order valence-corrected chi connectivity index (χ0v) is 21.9. The SMILES string of the molecule is Cc1c(Cc2ccc(C(=O)N[C@@H]3CN(C(=O)OC(C)(C)C)C[C@@H]3C(=O)NO)cc2)c2ccccc2n1C. The maximum absolute atomic E-state index is 13.0. The average molecular weight is 507 g/mol. The highest BCUT2D eigenvalue weighted by Crippen LogP contribution is 2.27. The number of carbonyl (C=O) groups is 3. The van der Waals surface area contributed by atoms with Crippen LogP contribution in [0.4, 0.5) is 4.79 Å². The number of nitrogens with zero attached hydrogens (tertiary/aromatic N) is 2. The smallest absolute Gasteiger partial charge is 0.410 e. The summed E-state index contributed by atoms with van der Waals surface area (Å²) in [6.45, 7) is 7.49. The van der Waals surface area contributed by atoms with E-state index < -0.39 is 29.6 Å². The van der Waals surface area contributed by atoms with Gasteiger partial charge in [-0.05, 0) is 63.4 Å². The summed E-state index contributed by atoms with van der Waals surface area (Å²) in [7, 11) is 2.06. The summed E-state index contributed by atoms with van der Waals surface area (Å²) in [5, 5.41) is 13.2. The normalized spacial score (nSPS) is 17.6. The summed E-state index contributed by atoms with van der Waals surface area (Å²) in [6.07, 6.45) is 0.162. The fraction of sp³-hybridized carbons (Fsp3) is 0.393. The van der Waals surface area contributed by atoms with E-state index in [4.69, 9.17) is 9.94 Å². The van der Waals surface area contributed by atoms with Crippen molar-refractivity contribution in [3.8, 4) is 0 Å². The van der Waals surface area contributed by atoms with E-state index in [-0.39, 0.29) is 19.0 Å². The van der Waals surface area contributed by atoms with Crippen LogP contribution in [-0.2, 0) is 23.0 Å². The maximum Gasteiger partial charge on any atom is 0.410 e. The Kier molecular flexibility index (Phi) is 7.27. The number of hydrogen-bond acceptors (Lipinski definition) is 5. The highest BCUT2D eigenvalue weighted by atomic mass is 16.6. The molecular weight excluding hydrogens is 472 g/mol. The van der Waals surface area contributed by atoms with E-state index in [1.165, 1.54) is 27.1 Å². The second kappa shape index (κ2) is 10.3. The number of ether oxygens (including phenoxy) is 1. The van der Waals surface area contributed by atoms with Crippen LogP contribution in [0, 0.1) is 12.8 Å². The van der Waals surface area contributed by atoms with E-state index >= 15 is 0 Å². The molecule has 1 saturated heterocycles. The molecule has 3 aromatic rings. The molecule has 196 valence electrons. The Morgan fingerprint density at radius 2 is 1.73 bits per heavy atom. The van der Waals surface area contributed by atoms with Gasteiger partial charge < -0.3 is 19.5 Å². The highest BCUT2D eigenvalue weighted by Gasteiger charge is 2.41. The van der Waals surface area contributed by atoms with Crippen LogP contribution < -0.4 is 10.8 Å². The number of fused-ring (bicyclic) bond motifs is 1. The fourth-order valence-corrected chi connectivity index (χ4v) is 4.83. The second-order valence-electron chi connectivity index (χ2n) is 10.6. The monoisotopic (exact) mass is 506 g/mol. The highest BCUT2D eigenvalue weighted by molar-refractivity contribution is 5.95. The quantitative estimate of drug-likeness (QED) is 0.362. The minimum Gasteiger partial charge on any atom is -0.444 e. The Morgan fingerprint density at radius 1 is 1.05 bits per heavy atom. The first-order valence-corrected chi connectivity index (χ1v) is 12.3. The molecule has 2 aromatic carbocycles. The molecule has 0 bridgehead atoms. The van der Waals surface area contributed by atoms with Crippen LogP contribution in [0.25, 0.3) is 10.9 Å². The molecule has 0 aliphatic carbocycles. The van der Waals surface area contributed by atoms with E-state index in [1.54, 1.807) is 38.4 Å². The number of nitrogens with one attached hydrogen (secondary N) is 2. The molecule has 3 N–H and O–H groups in total. The van der Waals surface area contributed by atoms with Crippen molar-refractivity contribution >= 4 is 28.8 Å². The number of aromatic nitrogens is 1. The van der Waals surface area contributed by atoms with Gasteiger partial charge in [0.15, 0.2) is 0 Å². The minimum absolute atomic E-state index is 0.0234. The van der Waals surface area contributed by atoms with Crippen LogP contribution in [-0.4, -0.2) is 57.3 Å². The summed E-state index contributed by atoms with van der Waals surface area (Å²) in [4.78, 5) is 39.1. The first kappa shape index (κ1) is 26.2. The van der Waals surface area contributed by atoms with Crippen molar-refractivity contribution in [2.75, 3.05) is 13.1 Å². The van der Waals surface area contributed by atoms with Crippen LogP contribution in [0.15, 0.2) is 48.5 Å². The van der Waals surface area contributed by atoms with Gasteiger partial charge in [0.2, 0.25) is 5.91 Å². The third kappa shape index (κ3) is 5.61. The standard InChI is InChI=1S/C28H34N4O5/c1-17-21(20-8-6-7-9-24(20)31(17)5)14-18-10-12-19(13-11-18)25(33)29-23-16-32(15-22(23)26(34)30-36)27(35)37-28(2,3)4/h6-13,22-23,36H,14-16H2,1-5H3,(H,29,33)(H,30,34)/t22-,23+/m0/s1. The number of para-hydroxylation sites is 1. The van der Waals surface area contributed by atoms with E-state index in [1.807, 2.05) is 24.3 Å². The average Bonchev–Trinajstić information content (AvgIpc) is 3.38. The van der Waals surface area contributed by atoms with Gasteiger partial charge in [0.25, 0.3) is 5.91 Å². The predicted octanol–water partition coefficient (Wildman–Crippen LogP) is 3.55. The molecule has 37 heavy (non-hydrogen) atoms. The van der Waals surface area contributed by atoms with E-state index in [0.29, 0.717) is 5.56 Å². The zero-order valence-electron chi connectivity index (χ0n) is 21.9. The number of hydroxylamine groups is 1. The van der Waals surface area contributed by atoms with Crippen molar-refractivity contribution in [3.05, 3.63) is 70.9 Å². The van der Waals surface area contributed by atoms with Crippen LogP contribution >= 0.6 is 0 Å². The Hall–Kier alpha value is -3.85. The number of benzene rings is 2. The molecule has 2 heterocycles. The van der Waals surface area contributed by atoms with Crippen LogP contribution in [0.2, 0.25) is 0 Å². The Balaban J connectivity index is 1.46. The molecule has 0 radical (unpaired) electrons. The first-order chi connectivity index (χ1) is 17.5. The fourth-order valence-electron chi connectivity index (χ4n) is 4.83. The number of likely N-dealkylation sites (tertiary alicyclic amines) is 1. The molecule has 0 spiro atoms. The van der Waals surface area contributed by atoms with Gasteiger partial charge in [-0.3, -0.25) is 14.8 Å². The van der Waals surface area contributed by atoms with Gasteiger partial charge in [0.1, 0.15) is 5.60 Å². The van der Waals surface area contributed by atoms with Crippen LogP contribution in [0.1, 0.15) is 48.0 Å². The number of aryl methyl sites for hydroxylation is 1. The van der Waals surface area contributed by atoms with Gasteiger partial charge in [-0.2, -0.15) is 0 Å². The minimum atomic E-state index is -0.810. The Bertz CT molecular complexity index is 1320. The summed E-state index contributed by atoms with van der Waals surface area (Å²) in [5.74, 6) is -1.84. The lowest BCUT2D eigenvalue weighted by Crippen LogP contribution is -2.45. The molecule has 1 aromatic heterocycles. The summed E-state index contributed by atoms with van der Waals surface area (Å²) >= 11 is 0. The molecule has 0 saturated carbocycles. The van der Waals surface area contributed by atoms with Crippen molar-refractivity contribution < 1.29 is 24.3 Å². The largest absolute Gasteiger partial charge is 0.444 e. The van der Waals surface area contributed by atoms with Gasteiger partial charge >= 0.3 is 6.09 Å². The second-order valence-corrected chi connectivity index (χ2v) is 10.6. The molecule has 9 nitrogen and oxygen atoms in total. The van der Waals surface area contributed by atoms with Crippen molar-refractivity contribution in [1.29, 1.82) is 0 Å². The molecule has 3 amide bonds. The number of carbonyl (C=O) groups excluding carboxylic acids is 3. The van der Waals surface area contributed by atoms with Gasteiger partial charge in [0, 0.05) is 42.3 Å². The summed E-state index contributed by atoms with van der Waals surface area (Å²) in [6, 6.07) is 15.0. The van der Waals surface area contributed by atoms with Gasteiger partial charge in [-0.25, -0.2) is 10.3 Å². The third-order valence-corrected chi connectivity index (χ3v) is 6.86. The Labute approximate surface area is 216 Å². The van der Waals surface area contributed by atoms with Crippen LogP contribution in [0.5, 0.6) is 0 Å². The molecular formula is C28H34N4O5. The number of amides is 3. The first-order valence-electron chi connectivity index (χ1n) is 12.3. The summed E-state index contributed by atoms with van der Waals surface area (Å²) in [5.41, 5.74) is 6.09. The topological polar surface area (TPSA) is 113 Å². The summed E-state index contributed by atoms with van der Waals surface area (Å²) < 4.78 is 7.59. The van der Waals surface area contributed by atoms with E-state index in [0.717, 1.165) is 12.0 Å². The lowest BCUT2D eigenvalue weighted by molar-refractivity contribution is -0.133. The van der Waals surface area contributed by atoms with Crippen molar-refractivity contribution in [2.24, 2.45) is 13.0 Å². The molecule has 1 aliphatic rings. The van der Waals surface area contributed by atoms with E-state index in [9.17, 15) is 14.4 Å². The molecule has 2 atom stereocenters.